The SMILES string of the molecule is CCN(CC(=O)c1sccc1Br)CC1CC1. The van der Waals surface area contributed by atoms with Crippen LogP contribution < -0.4 is 0 Å². The Kier molecular flexibility index (Phi) is 4.16. The van der Waals surface area contributed by atoms with Crippen molar-refractivity contribution in [3.63, 3.8) is 0 Å². The number of likely N-dealkylation sites (N-methyl/N-ethyl adjacent to an activating group) is 1. The van der Waals surface area contributed by atoms with Gasteiger partial charge in [0.15, 0.2) is 5.78 Å². The largest absolute Gasteiger partial charge is 0.296 e. The molecular weight excluding hydrogens is 286 g/mol. The fraction of sp³-hybridized carbons (Fsp3) is 0.583. The van der Waals surface area contributed by atoms with Crippen LogP contribution in [0.15, 0.2) is 15.9 Å². The third-order valence-corrected chi connectivity index (χ3v) is 4.78. The summed E-state index contributed by atoms with van der Waals surface area (Å²) in [6, 6.07) is 1.94. The number of carbonyl (C=O) groups is 1. The van der Waals surface area contributed by atoms with Gasteiger partial charge in [0.1, 0.15) is 0 Å². The maximum Gasteiger partial charge on any atom is 0.187 e. The third-order valence-electron chi connectivity index (χ3n) is 2.90. The van der Waals surface area contributed by atoms with E-state index in [9.17, 15) is 4.79 Å². The van der Waals surface area contributed by atoms with Crippen LogP contribution in [0, 0.1) is 5.92 Å². The van der Waals surface area contributed by atoms with Gasteiger partial charge in [0, 0.05) is 11.0 Å². The van der Waals surface area contributed by atoms with E-state index in [0.717, 1.165) is 28.4 Å². The lowest BCUT2D eigenvalue weighted by molar-refractivity contribution is 0.0934. The first-order chi connectivity index (χ1) is 7.70. The Morgan fingerprint density at radius 1 is 1.62 bits per heavy atom. The number of thiophene rings is 1. The Hall–Kier alpha value is -0.190. The predicted octanol–water partition coefficient (Wildman–Crippen LogP) is 3.43. The zero-order valence-electron chi connectivity index (χ0n) is 9.41. The van der Waals surface area contributed by atoms with Crippen molar-refractivity contribution in [1.82, 2.24) is 4.90 Å². The minimum atomic E-state index is 0.240. The maximum atomic E-state index is 12.0. The Bertz CT molecular complexity index is 373. The van der Waals surface area contributed by atoms with E-state index in [4.69, 9.17) is 0 Å². The highest BCUT2D eigenvalue weighted by atomic mass is 79.9. The Labute approximate surface area is 109 Å². The Morgan fingerprint density at radius 3 is 2.88 bits per heavy atom. The fourth-order valence-electron chi connectivity index (χ4n) is 1.74. The van der Waals surface area contributed by atoms with Crippen LogP contribution in [-0.2, 0) is 0 Å². The minimum absolute atomic E-state index is 0.240. The van der Waals surface area contributed by atoms with Gasteiger partial charge >= 0.3 is 0 Å². The van der Waals surface area contributed by atoms with Gasteiger partial charge in [-0.05, 0) is 52.7 Å². The van der Waals surface area contributed by atoms with Gasteiger partial charge in [0.25, 0.3) is 0 Å². The van der Waals surface area contributed by atoms with E-state index >= 15 is 0 Å². The lowest BCUT2D eigenvalue weighted by Crippen LogP contribution is -2.31. The Balaban J connectivity index is 1.91. The van der Waals surface area contributed by atoms with Crippen LogP contribution in [0.1, 0.15) is 29.4 Å². The molecule has 0 aromatic carbocycles. The Morgan fingerprint density at radius 2 is 2.38 bits per heavy atom. The second-order valence-electron chi connectivity index (χ2n) is 4.29. The van der Waals surface area contributed by atoms with Crippen molar-refractivity contribution in [3.8, 4) is 0 Å². The monoisotopic (exact) mass is 301 g/mol. The molecule has 88 valence electrons. The maximum absolute atomic E-state index is 12.0. The molecule has 4 heteroatoms. The van der Waals surface area contributed by atoms with Crippen LogP contribution in [0.25, 0.3) is 0 Å². The van der Waals surface area contributed by atoms with E-state index in [1.165, 1.54) is 24.2 Å². The van der Waals surface area contributed by atoms with Crippen molar-refractivity contribution in [3.05, 3.63) is 20.8 Å². The molecule has 0 saturated heterocycles. The van der Waals surface area contributed by atoms with Crippen LogP contribution in [0.5, 0.6) is 0 Å². The molecule has 1 fully saturated rings. The second-order valence-corrected chi connectivity index (χ2v) is 6.06. The van der Waals surface area contributed by atoms with E-state index in [1.807, 2.05) is 11.4 Å². The summed E-state index contributed by atoms with van der Waals surface area (Å²) >= 11 is 4.93. The summed E-state index contributed by atoms with van der Waals surface area (Å²) < 4.78 is 0.935. The van der Waals surface area contributed by atoms with Crippen LogP contribution in [0.2, 0.25) is 0 Å². The molecular formula is C12H16BrNOS. The van der Waals surface area contributed by atoms with Crippen molar-refractivity contribution in [2.24, 2.45) is 5.92 Å². The molecule has 2 nitrogen and oxygen atoms in total. The molecule has 0 spiro atoms. The van der Waals surface area contributed by atoms with E-state index in [0.29, 0.717) is 6.54 Å². The number of halogens is 1. The number of Topliss-reactive ketones (excluding diaryl/α,β-unsaturated/α-hetero) is 1. The van der Waals surface area contributed by atoms with Gasteiger partial charge in [-0.1, -0.05) is 6.92 Å². The van der Waals surface area contributed by atoms with Gasteiger partial charge in [-0.25, -0.2) is 0 Å². The predicted molar refractivity (Wildman–Crippen MR) is 71.2 cm³/mol. The number of carbonyl (C=O) groups excluding carboxylic acids is 1. The van der Waals surface area contributed by atoms with Crippen LogP contribution in [0.4, 0.5) is 0 Å². The van der Waals surface area contributed by atoms with Gasteiger partial charge in [0.2, 0.25) is 0 Å². The molecule has 1 aliphatic rings. The van der Waals surface area contributed by atoms with Crippen molar-refractivity contribution in [2.45, 2.75) is 19.8 Å². The first-order valence-electron chi connectivity index (χ1n) is 5.69. The molecule has 1 aliphatic carbocycles. The highest BCUT2D eigenvalue weighted by Crippen LogP contribution is 2.30. The summed E-state index contributed by atoms with van der Waals surface area (Å²) in [7, 11) is 0. The summed E-state index contributed by atoms with van der Waals surface area (Å²) in [5.74, 6) is 1.09. The van der Waals surface area contributed by atoms with Crippen molar-refractivity contribution in [1.29, 1.82) is 0 Å². The topological polar surface area (TPSA) is 20.3 Å². The fourth-order valence-corrected chi connectivity index (χ4v) is 3.26. The van der Waals surface area contributed by atoms with Gasteiger partial charge in [0.05, 0.1) is 11.4 Å². The second kappa shape index (κ2) is 5.43. The molecule has 0 radical (unpaired) electrons. The molecule has 0 atom stereocenters. The standard InChI is InChI=1S/C12H16BrNOS/c1-2-14(7-9-3-4-9)8-11(15)12-10(13)5-6-16-12/h5-6,9H,2-4,7-8H2,1H3. The molecule has 2 rings (SSSR count). The zero-order valence-corrected chi connectivity index (χ0v) is 11.8. The smallest absolute Gasteiger partial charge is 0.187 e. The number of hydrogen-bond donors (Lipinski definition) is 0. The van der Waals surface area contributed by atoms with Crippen molar-refractivity contribution >= 4 is 33.0 Å². The molecule has 1 heterocycles. The quantitative estimate of drug-likeness (QED) is 0.750. The van der Waals surface area contributed by atoms with Crippen LogP contribution >= 0.6 is 27.3 Å². The summed E-state index contributed by atoms with van der Waals surface area (Å²) in [4.78, 5) is 15.1. The molecule has 0 N–H and O–H groups in total. The molecule has 1 aromatic heterocycles. The van der Waals surface area contributed by atoms with Gasteiger partial charge < -0.3 is 0 Å². The molecule has 0 amide bonds. The van der Waals surface area contributed by atoms with Crippen molar-refractivity contribution < 1.29 is 4.79 Å². The molecule has 0 unspecified atom stereocenters. The van der Waals surface area contributed by atoms with Crippen LogP contribution in [-0.4, -0.2) is 30.3 Å². The van der Waals surface area contributed by atoms with E-state index in [-0.39, 0.29) is 5.78 Å². The summed E-state index contributed by atoms with van der Waals surface area (Å²) in [5.41, 5.74) is 0. The molecule has 16 heavy (non-hydrogen) atoms. The van der Waals surface area contributed by atoms with Crippen molar-refractivity contribution in [2.75, 3.05) is 19.6 Å². The molecule has 1 aromatic rings. The third kappa shape index (κ3) is 3.15. The van der Waals surface area contributed by atoms with E-state index < -0.39 is 0 Å². The highest BCUT2D eigenvalue weighted by Gasteiger charge is 2.25. The summed E-state index contributed by atoms with van der Waals surface area (Å²) in [5, 5.41) is 1.95. The van der Waals surface area contributed by atoms with Gasteiger partial charge in [-0.3, -0.25) is 9.69 Å². The average molecular weight is 302 g/mol. The molecule has 1 saturated carbocycles. The first-order valence-corrected chi connectivity index (χ1v) is 7.36. The minimum Gasteiger partial charge on any atom is -0.296 e. The average Bonchev–Trinajstić information content (AvgIpc) is 2.97. The highest BCUT2D eigenvalue weighted by molar-refractivity contribution is 9.10. The number of hydrogen-bond acceptors (Lipinski definition) is 3. The number of rotatable bonds is 6. The molecule has 0 bridgehead atoms. The molecule has 0 aliphatic heterocycles. The van der Waals surface area contributed by atoms with Crippen LogP contribution in [0.3, 0.4) is 0 Å². The number of ketones is 1. The zero-order chi connectivity index (χ0) is 11.5. The lowest BCUT2D eigenvalue weighted by Gasteiger charge is -2.18. The van der Waals surface area contributed by atoms with E-state index in [1.54, 1.807) is 0 Å². The normalized spacial score (nSPS) is 15.7. The first kappa shape index (κ1) is 12.3. The van der Waals surface area contributed by atoms with E-state index in [2.05, 4.69) is 27.8 Å². The lowest BCUT2D eigenvalue weighted by atomic mass is 10.2. The summed E-state index contributed by atoms with van der Waals surface area (Å²) in [6.45, 7) is 4.74. The van der Waals surface area contributed by atoms with Gasteiger partial charge in [-0.2, -0.15) is 0 Å². The summed E-state index contributed by atoms with van der Waals surface area (Å²) in [6.07, 6.45) is 2.68. The van der Waals surface area contributed by atoms with Gasteiger partial charge in [-0.15, -0.1) is 11.3 Å². The number of nitrogens with zero attached hydrogens (tertiary/aromatic N) is 1.